The number of aromatic nitrogens is 2. The lowest BCUT2D eigenvalue weighted by atomic mass is 9.62. The third kappa shape index (κ3) is 4.55. The maximum atomic E-state index is 12.8. The molecule has 2 saturated carbocycles. The second kappa shape index (κ2) is 9.09. The number of likely N-dealkylation sites (tertiary alicyclic amines) is 1. The molecule has 1 aromatic carbocycles. The smallest absolute Gasteiger partial charge is 0.379 e. The molecule has 1 spiro atoms. The number of primary amides is 1. The number of alkyl halides is 3. The van der Waals surface area contributed by atoms with Crippen LogP contribution in [0.25, 0.3) is 0 Å². The fraction of sp³-hybridized carbons (Fsp3) is 0.560. The molecule has 1 aromatic heterocycles. The highest BCUT2D eigenvalue weighted by molar-refractivity contribution is 5.98. The molecule has 3 aliphatic rings. The normalized spacial score (nSPS) is 26.5. The van der Waals surface area contributed by atoms with Gasteiger partial charge in [0.25, 0.3) is 5.91 Å². The van der Waals surface area contributed by atoms with Gasteiger partial charge in [0.1, 0.15) is 5.56 Å². The Bertz CT molecular complexity index is 1160. The summed E-state index contributed by atoms with van der Waals surface area (Å²) >= 11 is 0. The summed E-state index contributed by atoms with van der Waals surface area (Å²) in [4.78, 5) is 14.6. The van der Waals surface area contributed by atoms with E-state index in [-0.39, 0.29) is 28.9 Å². The van der Waals surface area contributed by atoms with E-state index in [1.165, 1.54) is 37.6 Å². The maximum Gasteiger partial charge on any atom is 0.418 e. The molecule has 1 amide bonds. The number of nitriles is 1. The van der Waals surface area contributed by atoms with Crippen molar-refractivity contribution in [1.29, 1.82) is 5.26 Å². The molecule has 2 aromatic rings. The first kappa shape index (κ1) is 24.6. The number of aliphatic hydroxyl groups is 1. The lowest BCUT2D eigenvalue weighted by Gasteiger charge is -2.59. The summed E-state index contributed by atoms with van der Waals surface area (Å²) in [6.07, 6.45) is 0.558. The predicted octanol–water partition coefficient (Wildman–Crippen LogP) is 4.04. The largest absolute Gasteiger partial charge is 0.418 e. The minimum atomic E-state index is -4.77. The second-order valence-electron chi connectivity index (χ2n) is 10.5. The molecule has 1 saturated heterocycles. The number of rotatable bonds is 6. The number of carbonyl (C=O) groups is 1. The Balaban J connectivity index is 1.29. The Morgan fingerprint density at radius 1 is 1.25 bits per heavy atom. The van der Waals surface area contributed by atoms with Crippen molar-refractivity contribution in [2.45, 2.75) is 62.9 Å². The van der Waals surface area contributed by atoms with E-state index in [0.29, 0.717) is 17.1 Å². The molecule has 2 aliphatic carbocycles. The van der Waals surface area contributed by atoms with Crippen LogP contribution in [-0.4, -0.2) is 51.0 Å². The molecule has 0 bridgehead atoms. The molecule has 0 radical (unpaired) electrons. The van der Waals surface area contributed by atoms with Crippen molar-refractivity contribution in [2.24, 2.45) is 17.1 Å². The maximum absolute atomic E-state index is 12.8. The van der Waals surface area contributed by atoms with Crippen LogP contribution in [0.4, 0.5) is 24.7 Å². The third-order valence-electron chi connectivity index (χ3n) is 8.10. The van der Waals surface area contributed by atoms with Gasteiger partial charge >= 0.3 is 6.18 Å². The van der Waals surface area contributed by atoms with E-state index in [2.05, 4.69) is 21.4 Å². The quantitative estimate of drug-likeness (QED) is 0.548. The van der Waals surface area contributed by atoms with E-state index in [9.17, 15) is 28.3 Å². The van der Waals surface area contributed by atoms with Gasteiger partial charge in [-0.05, 0) is 55.2 Å². The van der Waals surface area contributed by atoms with Crippen molar-refractivity contribution >= 4 is 17.4 Å². The molecule has 2 heterocycles. The van der Waals surface area contributed by atoms with E-state index in [0.717, 1.165) is 44.5 Å². The molecule has 8 nitrogen and oxygen atoms in total. The summed E-state index contributed by atoms with van der Waals surface area (Å²) < 4.78 is 39.9. The van der Waals surface area contributed by atoms with Gasteiger partial charge in [0, 0.05) is 31.0 Å². The zero-order valence-corrected chi connectivity index (χ0v) is 19.7. The fourth-order valence-corrected chi connectivity index (χ4v) is 5.89. The van der Waals surface area contributed by atoms with Crippen LogP contribution in [0, 0.1) is 22.7 Å². The molecule has 192 valence electrons. The van der Waals surface area contributed by atoms with Crippen LogP contribution < -0.4 is 11.1 Å². The molecule has 36 heavy (non-hydrogen) atoms. The number of nitrogens with zero attached hydrogens (tertiary/aromatic N) is 4. The average Bonchev–Trinajstić information content (AvgIpc) is 3.20. The van der Waals surface area contributed by atoms with Crippen molar-refractivity contribution in [3.05, 3.63) is 41.6 Å². The van der Waals surface area contributed by atoms with Crippen molar-refractivity contribution in [3.8, 4) is 6.07 Å². The third-order valence-corrected chi connectivity index (χ3v) is 8.10. The summed E-state index contributed by atoms with van der Waals surface area (Å²) in [5.74, 6) is -0.806. The predicted molar refractivity (Wildman–Crippen MR) is 125 cm³/mol. The minimum absolute atomic E-state index is 0.128. The monoisotopic (exact) mass is 502 g/mol. The van der Waals surface area contributed by atoms with Crippen LogP contribution in [0.5, 0.6) is 0 Å². The summed E-state index contributed by atoms with van der Waals surface area (Å²) in [5.41, 5.74) is 6.30. The zero-order valence-electron chi connectivity index (χ0n) is 19.7. The van der Waals surface area contributed by atoms with Gasteiger partial charge < -0.3 is 16.2 Å². The standard InChI is InChI=1S/C25H29F3N6O2/c26-25(27,28)21(35)15-2-4-17(5-3-15)31-23-19(22(30)36)12-34(32-23)20-7-6-18(10-16(20)11-29)33-13-24(14-33)8-1-9-24/h2-5,12,16,18,20-21,35H,1,6-10,13-14H2,(H2,30,36)(H,31,32)/t16-,18+,20+,21-/m1/s1. The SMILES string of the molecule is N#C[C@H]1C[C@@H](N2CC3(CCC3)C2)CC[C@@H]1n1cc(C(N)=O)c(Nc2ccc([C@@H](O)C(F)(F)F)cc2)n1. The number of amides is 1. The van der Waals surface area contributed by atoms with Gasteiger partial charge in [-0.1, -0.05) is 18.6 Å². The highest BCUT2D eigenvalue weighted by Crippen LogP contribution is 2.50. The molecular formula is C25H29F3N6O2. The van der Waals surface area contributed by atoms with Gasteiger partial charge in [0.2, 0.25) is 0 Å². The van der Waals surface area contributed by atoms with Crippen molar-refractivity contribution in [2.75, 3.05) is 18.4 Å². The molecule has 1 aliphatic heterocycles. The van der Waals surface area contributed by atoms with Crippen LogP contribution in [0.2, 0.25) is 0 Å². The number of hydrogen-bond acceptors (Lipinski definition) is 6. The number of benzene rings is 1. The first-order valence-corrected chi connectivity index (χ1v) is 12.2. The van der Waals surface area contributed by atoms with E-state index in [1.54, 1.807) is 4.68 Å². The molecule has 4 atom stereocenters. The van der Waals surface area contributed by atoms with E-state index < -0.39 is 18.2 Å². The van der Waals surface area contributed by atoms with E-state index >= 15 is 0 Å². The van der Waals surface area contributed by atoms with Crippen LogP contribution in [0.1, 0.15) is 66.6 Å². The summed E-state index contributed by atoms with van der Waals surface area (Å²) in [6.45, 7) is 2.25. The molecule has 3 fully saturated rings. The Kier molecular flexibility index (Phi) is 6.21. The minimum Gasteiger partial charge on any atom is -0.379 e. The van der Waals surface area contributed by atoms with Crippen LogP contribution >= 0.6 is 0 Å². The first-order chi connectivity index (χ1) is 17.1. The van der Waals surface area contributed by atoms with Gasteiger partial charge in [0.05, 0.1) is 18.0 Å². The van der Waals surface area contributed by atoms with Crippen molar-refractivity contribution in [3.63, 3.8) is 0 Å². The van der Waals surface area contributed by atoms with Gasteiger partial charge in [-0.25, -0.2) is 0 Å². The number of anilines is 2. The summed E-state index contributed by atoms with van der Waals surface area (Å²) in [6, 6.07) is 7.63. The average molecular weight is 503 g/mol. The summed E-state index contributed by atoms with van der Waals surface area (Å²) in [5, 5.41) is 26.8. The lowest BCUT2D eigenvalue weighted by Crippen LogP contribution is -2.63. The Hall–Kier alpha value is -3.10. The van der Waals surface area contributed by atoms with E-state index in [4.69, 9.17) is 5.73 Å². The molecule has 0 unspecified atom stereocenters. The number of aliphatic hydroxyl groups excluding tert-OH is 1. The van der Waals surface area contributed by atoms with Crippen molar-refractivity contribution < 1.29 is 23.1 Å². The number of nitrogens with two attached hydrogens (primary N) is 1. The van der Waals surface area contributed by atoms with Gasteiger partial charge in [-0.3, -0.25) is 14.4 Å². The molecule has 5 rings (SSSR count). The zero-order chi connectivity index (χ0) is 25.7. The summed E-state index contributed by atoms with van der Waals surface area (Å²) in [7, 11) is 0. The lowest BCUT2D eigenvalue weighted by molar-refractivity contribution is -0.206. The van der Waals surface area contributed by atoms with Crippen molar-refractivity contribution in [1.82, 2.24) is 14.7 Å². The molecule has 11 heteroatoms. The van der Waals surface area contributed by atoms with E-state index in [1.807, 2.05) is 0 Å². The topological polar surface area (TPSA) is 120 Å². The van der Waals surface area contributed by atoms with Crippen LogP contribution in [-0.2, 0) is 0 Å². The van der Waals surface area contributed by atoms with Gasteiger partial charge in [-0.2, -0.15) is 23.5 Å². The van der Waals surface area contributed by atoms with Gasteiger partial charge in [-0.15, -0.1) is 0 Å². The van der Waals surface area contributed by atoms with Crippen LogP contribution in [0.3, 0.4) is 0 Å². The number of carbonyl (C=O) groups excluding carboxylic acids is 1. The Morgan fingerprint density at radius 2 is 1.94 bits per heavy atom. The van der Waals surface area contributed by atoms with Gasteiger partial charge in [0.15, 0.2) is 11.9 Å². The fourth-order valence-electron chi connectivity index (χ4n) is 5.89. The second-order valence-corrected chi connectivity index (χ2v) is 10.5. The first-order valence-electron chi connectivity index (χ1n) is 12.2. The Morgan fingerprint density at radius 3 is 2.50 bits per heavy atom. The number of halogens is 3. The molecule has 4 N–H and O–H groups in total. The number of nitrogens with one attached hydrogen (secondary N) is 1. The number of hydrogen-bond donors (Lipinski definition) is 3. The highest BCUT2D eigenvalue weighted by Gasteiger charge is 2.50. The van der Waals surface area contributed by atoms with Crippen LogP contribution in [0.15, 0.2) is 30.5 Å². The molecular weight excluding hydrogens is 473 g/mol. The Labute approximate surface area is 206 Å². The highest BCUT2D eigenvalue weighted by atomic mass is 19.4.